The lowest BCUT2D eigenvalue weighted by Crippen LogP contribution is -2.39. The largest absolute Gasteiger partial charge is 0.416 e. The lowest BCUT2D eigenvalue weighted by Gasteiger charge is -2.10. The second-order valence-electron chi connectivity index (χ2n) is 5.07. The van der Waals surface area contributed by atoms with E-state index in [0.717, 1.165) is 18.2 Å². The highest BCUT2D eigenvalue weighted by atomic mass is 19.4. The topological polar surface area (TPSA) is 120 Å². The number of amides is 3. The molecule has 8 nitrogen and oxygen atoms in total. The predicted octanol–water partition coefficient (Wildman–Crippen LogP) is 0.635. The molecule has 0 unspecified atom stereocenters. The molecule has 0 aliphatic carbocycles. The van der Waals surface area contributed by atoms with Gasteiger partial charge in [0.25, 0.3) is 0 Å². The third-order valence-electron chi connectivity index (χ3n) is 2.84. The lowest BCUT2D eigenvalue weighted by molar-refractivity contribution is -0.139. The summed E-state index contributed by atoms with van der Waals surface area (Å²) in [4.78, 5) is 34.4. The van der Waals surface area contributed by atoms with Gasteiger partial charge in [-0.3, -0.25) is 14.4 Å². The standard InChI is InChI=1S/C15H17F3N4O4/c1-9(21-22-14(26)13(25)19-5-6-23)7-12(24)20-11-4-2-3-10(8-11)15(16,17)18/h2-4,8,23H,5-7H2,1H3,(H,19,25)(H,20,24)(H,22,26)/b21-9+. The number of hydrogen-bond acceptors (Lipinski definition) is 5. The van der Waals surface area contributed by atoms with E-state index in [4.69, 9.17) is 5.11 Å². The molecular weight excluding hydrogens is 357 g/mol. The molecule has 0 fully saturated rings. The van der Waals surface area contributed by atoms with Crippen LogP contribution in [0.1, 0.15) is 18.9 Å². The number of aliphatic hydroxyl groups is 1. The lowest BCUT2D eigenvalue weighted by atomic mass is 10.2. The second-order valence-corrected chi connectivity index (χ2v) is 5.07. The molecule has 0 aromatic heterocycles. The first kappa shape index (κ1) is 21.1. The maximum Gasteiger partial charge on any atom is 0.416 e. The van der Waals surface area contributed by atoms with Crippen molar-refractivity contribution in [1.82, 2.24) is 10.7 Å². The van der Waals surface area contributed by atoms with Crippen LogP contribution in [0.25, 0.3) is 0 Å². The minimum Gasteiger partial charge on any atom is -0.395 e. The first-order valence-corrected chi connectivity index (χ1v) is 7.32. The smallest absolute Gasteiger partial charge is 0.395 e. The van der Waals surface area contributed by atoms with Crippen LogP contribution in [0.15, 0.2) is 29.4 Å². The summed E-state index contributed by atoms with van der Waals surface area (Å²) in [5.74, 6) is -2.75. The molecule has 0 heterocycles. The number of hydrogen-bond donors (Lipinski definition) is 4. The molecule has 3 amide bonds. The highest BCUT2D eigenvalue weighted by Gasteiger charge is 2.30. The van der Waals surface area contributed by atoms with Gasteiger partial charge in [-0.2, -0.15) is 18.3 Å². The van der Waals surface area contributed by atoms with Crippen LogP contribution in [0.3, 0.4) is 0 Å². The highest BCUT2D eigenvalue weighted by molar-refractivity contribution is 6.35. The molecular formula is C15H17F3N4O4. The summed E-state index contributed by atoms with van der Waals surface area (Å²) < 4.78 is 37.8. The van der Waals surface area contributed by atoms with Gasteiger partial charge in [-0.05, 0) is 25.1 Å². The van der Waals surface area contributed by atoms with Crippen molar-refractivity contribution < 1.29 is 32.7 Å². The number of aliphatic hydroxyl groups excluding tert-OH is 1. The van der Waals surface area contributed by atoms with Crippen LogP contribution >= 0.6 is 0 Å². The molecule has 0 saturated heterocycles. The predicted molar refractivity (Wildman–Crippen MR) is 86.0 cm³/mol. The van der Waals surface area contributed by atoms with E-state index in [-0.39, 0.29) is 31.0 Å². The number of carbonyl (C=O) groups excluding carboxylic acids is 3. The third kappa shape index (κ3) is 7.30. The SMILES string of the molecule is C/C(CC(=O)Nc1cccc(C(F)(F)F)c1)=N\NC(=O)C(=O)NCCO. The maximum atomic E-state index is 12.6. The first-order chi connectivity index (χ1) is 12.1. The number of hydrazone groups is 1. The van der Waals surface area contributed by atoms with Crippen molar-refractivity contribution in [3.63, 3.8) is 0 Å². The molecule has 0 radical (unpaired) electrons. The average Bonchev–Trinajstić information content (AvgIpc) is 2.56. The van der Waals surface area contributed by atoms with E-state index in [0.29, 0.717) is 0 Å². The zero-order chi connectivity index (χ0) is 19.7. The number of halogens is 3. The van der Waals surface area contributed by atoms with Crippen molar-refractivity contribution in [2.45, 2.75) is 19.5 Å². The Balaban J connectivity index is 2.57. The summed E-state index contributed by atoms with van der Waals surface area (Å²) in [7, 11) is 0. The molecule has 1 aromatic rings. The zero-order valence-corrected chi connectivity index (χ0v) is 13.7. The summed E-state index contributed by atoms with van der Waals surface area (Å²) in [5.41, 5.74) is 1.10. The Labute approximate surface area is 146 Å². The molecule has 0 spiro atoms. The van der Waals surface area contributed by atoms with Crippen LogP contribution in [-0.2, 0) is 20.6 Å². The molecule has 0 atom stereocenters. The molecule has 11 heteroatoms. The van der Waals surface area contributed by atoms with Crippen LogP contribution in [0.4, 0.5) is 18.9 Å². The van der Waals surface area contributed by atoms with Crippen LogP contribution in [0.5, 0.6) is 0 Å². The summed E-state index contributed by atoms with van der Waals surface area (Å²) in [6, 6.07) is 4.12. The molecule has 142 valence electrons. The number of rotatable bonds is 6. The number of alkyl halides is 3. The third-order valence-corrected chi connectivity index (χ3v) is 2.84. The summed E-state index contributed by atoms with van der Waals surface area (Å²) >= 11 is 0. The van der Waals surface area contributed by atoms with Crippen molar-refractivity contribution in [3.05, 3.63) is 29.8 Å². The quantitative estimate of drug-likeness (QED) is 0.332. The zero-order valence-electron chi connectivity index (χ0n) is 13.7. The van der Waals surface area contributed by atoms with Gasteiger partial charge in [0.15, 0.2) is 0 Å². The monoisotopic (exact) mass is 374 g/mol. The highest BCUT2D eigenvalue weighted by Crippen LogP contribution is 2.30. The number of anilines is 1. The number of benzene rings is 1. The van der Waals surface area contributed by atoms with Crippen LogP contribution in [0.2, 0.25) is 0 Å². The van der Waals surface area contributed by atoms with Crippen molar-refractivity contribution in [2.24, 2.45) is 5.10 Å². The molecule has 0 aliphatic rings. The fourth-order valence-corrected chi connectivity index (χ4v) is 1.70. The fraction of sp³-hybridized carbons (Fsp3) is 0.333. The van der Waals surface area contributed by atoms with Gasteiger partial charge in [-0.1, -0.05) is 6.07 Å². The Morgan fingerprint density at radius 1 is 1.19 bits per heavy atom. The average molecular weight is 374 g/mol. The van der Waals surface area contributed by atoms with Crippen molar-refractivity contribution in [2.75, 3.05) is 18.5 Å². The van der Waals surface area contributed by atoms with Gasteiger partial charge in [-0.15, -0.1) is 0 Å². The Hall–Kier alpha value is -2.95. The normalized spacial score (nSPS) is 11.7. The molecule has 1 aromatic carbocycles. The van der Waals surface area contributed by atoms with Crippen LogP contribution in [0, 0.1) is 0 Å². The first-order valence-electron chi connectivity index (χ1n) is 7.32. The van der Waals surface area contributed by atoms with Gasteiger partial charge in [0.2, 0.25) is 5.91 Å². The minimum absolute atomic E-state index is 0.0370. The summed E-state index contributed by atoms with van der Waals surface area (Å²) in [6.45, 7) is 0.947. The van der Waals surface area contributed by atoms with E-state index < -0.39 is 29.5 Å². The molecule has 4 N–H and O–H groups in total. The van der Waals surface area contributed by atoms with E-state index >= 15 is 0 Å². The molecule has 26 heavy (non-hydrogen) atoms. The number of nitrogens with zero attached hydrogens (tertiary/aromatic N) is 1. The van der Waals surface area contributed by atoms with E-state index in [2.05, 4.69) is 15.7 Å². The van der Waals surface area contributed by atoms with Crippen LogP contribution < -0.4 is 16.1 Å². The summed E-state index contributed by atoms with van der Waals surface area (Å²) in [5, 5.41) is 16.5. The Kier molecular flexibility index (Phi) is 7.72. The Morgan fingerprint density at radius 2 is 1.88 bits per heavy atom. The fourth-order valence-electron chi connectivity index (χ4n) is 1.70. The minimum atomic E-state index is -4.53. The summed E-state index contributed by atoms with van der Waals surface area (Å²) in [6.07, 6.45) is -4.84. The van der Waals surface area contributed by atoms with Gasteiger partial charge < -0.3 is 15.7 Å². The van der Waals surface area contributed by atoms with Gasteiger partial charge >= 0.3 is 18.0 Å². The van der Waals surface area contributed by atoms with E-state index in [1.54, 1.807) is 0 Å². The molecule has 1 rings (SSSR count). The van der Waals surface area contributed by atoms with Crippen molar-refractivity contribution in [1.29, 1.82) is 0 Å². The number of nitrogens with one attached hydrogen (secondary N) is 3. The molecule has 0 aliphatic heterocycles. The second kappa shape index (κ2) is 9.51. The van der Waals surface area contributed by atoms with Gasteiger partial charge in [0, 0.05) is 17.9 Å². The molecule has 0 bridgehead atoms. The van der Waals surface area contributed by atoms with E-state index in [9.17, 15) is 27.6 Å². The van der Waals surface area contributed by atoms with E-state index in [1.807, 2.05) is 5.43 Å². The van der Waals surface area contributed by atoms with E-state index in [1.165, 1.54) is 13.0 Å². The number of carbonyl (C=O) groups is 3. The van der Waals surface area contributed by atoms with Gasteiger partial charge in [0.05, 0.1) is 18.6 Å². The maximum absolute atomic E-state index is 12.6. The van der Waals surface area contributed by atoms with Crippen molar-refractivity contribution in [3.8, 4) is 0 Å². The van der Waals surface area contributed by atoms with Crippen LogP contribution in [-0.4, -0.2) is 41.7 Å². The Bertz CT molecular complexity index is 704. The van der Waals surface area contributed by atoms with Gasteiger partial charge in [-0.25, -0.2) is 5.43 Å². The Morgan fingerprint density at radius 3 is 2.50 bits per heavy atom. The van der Waals surface area contributed by atoms with Crippen molar-refractivity contribution >= 4 is 29.1 Å². The molecule has 0 saturated carbocycles. The van der Waals surface area contributed by atoms with Gasteiger partial charge in [0.1, 0.15) is 0 Å².